The molecule has 1 saturated heterocycles. The minimum Gasteiger partial charge on any atom is -0.456 e. The Morgan fingerprint density at radius 1 is 0.763 bits per heavy atom. The first-order valence-corrected chi connectivity index (χ1v) is 13.0. The molecule has 0 radical (unpaired) electrons. The number of ether oxygens (including phenoxy) is 4. The van der Waals surface area contributed by atoms with Crippen LogP contribution < -0.4 is 0 Å². The fraction of sp³-hybridized carbons (Fsp3) is 0.387. The second-order valence-corrected chi connectivity index (χ2v) is 9.57. The van der Waals surface area contributed by atoms with Crippen LogP contribution in [0.5, 0.6) is 0 Å². The Kier molecular flexibility index (Phi) is 9.61. The minimum absolute atomic E-state index is 0.0647. The van der Waals surface area contributed by atoms with Crippen molar-refractivity contribution < 1.29 is 32.5 Å². The van der Waals surface area contributed by atoms with Crippen molar-refractivity contribution in [1.82, 2.24) is 0 Å². The number of benzene rings is 3. The largest absolute Gasteiger partial charge is 0.456 e. The zero-order chi connectivity index (χ0) is 27.0. The molecule has 1 aliphatic rings. The van der Waals surface area contributed by atoms with E-state index in [0.717, 1.165) is 11.1 Å². The van der Waals surface area contributed by atoms with Crippen molar-refractivity contribution in [2.45, 2.75) is 70.4 Å². The van der Waals surface area contributed by atoms with Gasteiger partial charge >= 0.3 is 11.9 Å². The first-order chi connectivity index (χ1) is 18.4. The molecule has 0 amide bonds. The predicted octanol–water partition coefficient (Wildman–Crippen LogP) is 6.35. The highest BCUT2D eigenvalue weighted by molar-refractivity contribution is 5.78. The van der Waals surface area contributed by atoms with E-state index >= 15 is 8.78 Å². The molecule has 0 aromatic heterocycles. The summed E-state index contributed by atoms with van der Waals surface area (Å²) in [5.41, 5.74) is 2.34. The third-order valence-electron chi connectivity index (χ3n) is 6.86. The molecule has 0 saturated carbocycles. The first-order valence-electron chi connectivity index (χ1n) is 13.0. The van der Waals surface area contributed by atoms with Crippen LogP contribution in [0.4, 0.5) is 8.78 Å². The van der Waals surface area contributed by atoms with Crippen molar-refractivity contribution in [2.75, 3.05) is 0 Å². The topological polar surface area (TPSA) is 54.0 Å². The third-order valence-corrected chi connectivity index (χ3v) is 6.86. The molecule has 0 unspecified atom stereocenters. The molecule has 38 heavy (non-hydrogen) atoms. The fourth-order valence-corrected chi connectivity index (χ4v) is 4.73. The van der Waals surface area contributed by atoms with Crippen molar-refractivity contribution in [2.24, 2.45) is 5.92 Å². The van der Waals surface area contributed by atoms with Gasteiger partial charge in [0.2, 0.25) is 0 Å². The van der Waals surface area contributed by atoms with Gasteiger partial charge in [-0.05, 0) is 23.1 Å². The van der Waals surface area contributed by atoms with E-state index in [1.54, 1.807) is 30.3 Å². The average Bonchev–Trinajstić information content (AvgIpc) is 2.95. The van der Waals surface area contributed by atoms with Gasteiger partial charge in [0.25, 0.3) is 0 Å². The number of carbonyl (C=O) groups is 1. The smallest absolute Gasteiger partial charge is 0.380 e. The van der Waals surface area contributed by atoms with E-state index in [1.165, 1.54) is 0 Å². The summed E-state index contributed by atoms with van der Waals surface area (Å²) in [5, 5.41) is 0. The van der Waals surface area contributed by atoms with Gasteiger partial charge in [-0.25, -0.2) is 4.79 Å². The number of hydrogen-bond acceptors (Lipinski definition) is 5. The molecule has 3 aromatic carbocycles. The lowest BCUT2D eigenvalue weighted by Gasteiger charge is -2.46. The second kappa shape index (κ2) is 13.1. The number of carbonyl (C=O) groups excluding carboxylic acids is 1. The van der Waals surface area contributed by atoms with Crippen molar-refractivity contribution >= 4 is 5.97 Å². The molecule has 0 bridgehead atoms. The maximum atomic E-state index is 15.8. The van der Waals surface area contributed by atoms with E-state index < -0.39 is 36.3 Å². The zero-order valence-corrected chi connectivity index (χ0v) is 21.7. The Hall–Kier alpha value is -3.13. The quantitative estimate of drug-likeness (QED) is 0.274. The summed E-state index contributed by atoms with van der Waals surface area (Å²) >= 11 is 0. The summed E-state index contributed by atoms with van der Waals surface area (Å²) in [6.45, 7) is 3.79. The average molecular weight is 525 g/mol. The molecule has 7 heteroatoms. The molecule has 1 fully saturated rings. The summed E-state index contributed by atoms with van der Waals surface area (Å²) in [4.78, 5) is 12.8. The zero-order valence-electron chi connectivity index (χ0n) is 21.7. The lowest BCUT2D eigenvalue weighted by molar-refractivity contribution is -0.283. The SMILES string of the molecule is CC[C@H]1O[C@H](C(F)(F)C(=O)OCc2ccccc2)[C@H](OCc2ccccc2)[C@@H](OCc2ccccc2)[C@H]1C. The van der Waals surface area contributed by atoms with Crippen LogP contribution >= 0.6 is 0 Å². The van der Waals surface area contributed by atoms with Gasteiger partial charge in [0.05, 0.1) is 25.4 Å². The Balaban J connectivity index is 1.59. The Morgan fingerprint density at radius 2 is 1.21 bits per heavy atom. The van der Waals surface area contributed by atoms with Gasteiger partial charge in [0.15, 0.2) is 6.10 Å². The monoisotopic (exact) mass is 524 g/mol. The molecule has 0 spiro atoms. The van der Waals surface area contributed by atoms with E-state index in [-0.39, 0.29) is 25.7 Å². The normalized spacial score (nSPS) is 23.6. The molecular weight excluding hydrogens is 490 g/mol. The molecule has 1 aliphatic heterocycles. The molecule has 202 valence electrons. The predicted molar refractivity (Wildman–Crippen MR) is 139 cm³/mol. The first kappa shape index (κ1) is 27.9. The van der Waals surface area contributed by atoms with Gasteiger partial charge in [0.1, 0.15) is 12.7 Å². The lowest BCUT2D eigenvalue weighted by atomic mass is 9.84. The van der Waals surface area contributed by atoms with Crippen LogP contribution in [-0.2, 0) is 43.6 Å². The van der Waals surface area contributed by atoms with Crippen LogP contribution in [0.3, 0.4) is 0 Å². The second-order valence-electron chi connectivity index (χ2n) is 9.57. The van der Waals surface area contributed by atoms with Crippen LogP contribution in [-0.4, -0.2) is 36.3 Å². The summed E-state index contributed by atoms with van der Waals surface area (Å²) in [6.07, 6.45) is -3.91. The van der Waals surface area contributed by atoms with Gasteiger partial charge in [-0.1, -0.05) is 105 Å². The maximum absolute atomic E-state index is 15.8. The number of hydrogen-bond donors (Lipinski definition) is 0. The van der Waals surface area contributed by atoms with Crippen molar-refractivity contribution in [1.29, 1.82) is 0 Å². The highest BCUT2D eigenvalue weighted by Crippen LogP contribution is 2.39. The summed E-state index contributed by atoms with van der Waals surface area (Å²) < 4.78 is 55.0. The van der Waals surface area contributed by atoms with E-state index in [0.29, 0.717) is 12.0 Å². The maximum Gasteiger partial charge on any atom is 0.380 e. The van der Waals surface area contributed by atoms with Crippen LogP contribution in [0.25, 0.3) is 0 Å². The highest BCUT2D eigenvalue weighted by atomic mass is 19.3. The third kappa shape index (κ3) is 6.84. The molecule has 3 aromatic rings. The van der Waals surface area contributed by atoms with E-state index in [9.17, 15) is 4.79 Å². The van der Waals surface area contributed by atoms with Crippen LogP contribution in [0, 0.1) is 5.92 Å². The van der Waals surface area contributed by atoms with E-state index in [1.807, 2.05) is 74.5 Å². The number of halogens is 2. The van der Waals surface area contributed by atoms with Gasteiger partial charge in [-0.2, -0.15) is 8.78 Å². The Bertz CT molecular complexity index is 1130. The Morgan fingerprint density at radius 3 is 1.68 bits per heavy atom. The number of rotatable bonds is 11. The van der Waals surface area contributed by atoms with Gasteiger partial charge in [0, 0.05) is 5.92 Å². The van der Waals surface area contributed by atoms with Gasteiger partial charge in [-0.15, -0.1) is 0 Å². The van der Waals surface area contributed by atoms with E-state index in [2.05, 4.69) is 0 Å². The molecule has 4 rings (SSSR count). The van der Waals surface area contributed by atoms with Crippen LogP contribution in [0.15, 0.2) is 91.0 Å². The molecular formula is C31H34F2O5. The Labute approximate surface area is 222 Å². The van der Waals surface area contributed by atoms with Gasteiger partial charge < -0.3 is 18.9 Å². The van der Waals surface area contributed by atoms with Crippen molar-refractivity contribution in [3.63, 3.8) is 0 Å². The molecule has 5 atom stereocenters. The highest BCUT2D eigenvalue weighted by Gasteiger charge is 2.60. The van der Waals surface area contributed by atoms with E-state index in [4.69, 9.17) is 18.9 Å². The number of alkyl halides is 2. The minimum atomic E-state index is -3.96. The standard InChI is InChI=1S/C31H34F2O5/c1-3-26-22(2)27(35-19-23-13-7-4-8-14-23)28(36-20-24-15-9-5-10-16-24)29(38-26)31(32,33)30(34)37-21-25-17-11-6-12-18-25/h4-18,22,26-29H,3,19-21H2,1-2H3/t22-,26+,27-,28+,29-/m0/s1. The van der Waals surface area contributed by atoms with Crippen LogP contribution in [0.1, 0.15) is 37.0 Å². The van der Waals surface area contributed by atoms with Crippen LogP contribution in [0.2, 0.25) is 0 Å². The molecule has 0 aliphatic carbocycles. The molecule has 0 N–H and O–H groups in total. The fourth-order valence-electron chi connectivity index (χ4n) is 4.73. The summed E-state index contributed by atoms with van der Waals surface area (Å²) in [6, 6.07) is 27.5. The summed E-state index contributed by atoms with van der Waals surface area (Å²) in [5.74, 6) is -5.86. The van der Waals surface area contributed by atoms with Gasteiger partial charge in [-0.3, -0.25) is 0 Å². The number of esters is 1. The molecule has 1 heterocycles. The summed E-state index contributed by atoms with van der Waals surface area (Å²) in [7, 11) is 0. The molecule has 5 nitrogen and oxygen atoms in total. The lowest BCUT2D eigenvalue weighted by Crippen LogP contribution is -2.63. The van der Waals surface area contributed by atoms with Crippen molar-refractivity contribution in [3.05, 3.63) is 108 Å². The van der Waals surface area contributed by atoms with Crippen molar-refractivity contribution in [3.8, 4) is 0 Å².